The van der Waals surface area contributed by atoms with Crippen molar-refractivity contribution in [3.63, 3.8) is 0 Å². The molecule has 46 atom stereocenters. The first-order chi connectivity index (χ1) is 53.2. The Labute approximate surface area is 639 Å². The number of carbonyl (C=O) groups is 4. The van der Waals surface area contributed by atoms with Crippen molar-refractivity contribution in [2.24, 2.45) is 0 Å². The Bertz CT molecular complexity index is 3040. The lowest BCUT2D eigenvalue weighted by Gasteiger charge is -2.52. The second-order valence-electron chi connectivity index (χ2n) is 28.8. The van der Waals surface area contributed by atoms with E-state index in [1.54, 1.807) is 0 Å². The van der Waals surface area contributed by atoms with E-state index >= 15 is 0 Å². The second kappa shape index (κ2) is 39.6. The normalized spacial score (nSPS) is 49.2. The fourth-order valence-electron chi connectivity index (χ4n) is 14.7. The van der Waals surface area contributed by atoms with Crippen LogP contribution in [0.2, 0.25) is 0 Å². The third-order valence-corrected chi connectivity index (χ3v) is 20.8. The molecular formula is C63H105N3O47. The van der Waals surface area contributed by atoms with Crippen LogP contribution in [0.15, 0.2) is 0 Å². The Morgan fingerprint density at radius 2 is 0.752 bits per heavy atom. The molecule has 9 saturated heterocycles. The van der Waals surface area contributed by atoms with E-state index in [-0.39, 0.29) is 0 Å². The molecule has 3 amide bonds. The minimum atomic E-state index is -3.39. The fourth-order valence-corrected chi connectivity index (χ4v) is 14.7. The van der Waals surface area contributed by atoms with Crippen LogP contribution in [-0.4, -0.2) is 484 Å². The van der Waals surface area contributed by atoms with Gasteiger partial charge in [-0.3, -0.25) is 14.4 Å². The number of ether oxygens (including phenoxy) is 17. The van der Waals surface area contributed by atoms with E-state index in [2.05, 4.69) is 16.0 Å². The van der Waals surface area contributed by atoms with Gasteiger partial charge in [0, 0.05) is 27.2 Å². The van der Waals surface area contributed by atoms with Crippen molar-refractivity contribution in [1.29, 1.82) is 0 Å². The molecule has 29 N–H and O–H groups in total. The summed E-state index contributed by atoms with van der Waals surface area (Å²) in [6, 6.07) is -5.94. The van der Waals surface area contributed by atoms with Gasteiger partial charge < -0.3 is 229 Å². The highest BCUT2D eigenvalue weighted by Gasteiger charge is 2.64. The Balaban J connectivity index is 1.11. The van der Waals surface area contributed by atoms with Gasteiger partial charge in [0.05, 0.1) is 70.6 Å². The highest BCUT2D eigenvalue weighted by atomic mass is 16.8. The Hall–Kier alpha value is -3.80. The Morgan fingerprint density at radius 1 is 0.381 bits per heavy atom. The molecule has 9 aliphatic heterocycles. The van der Waals surface area contributed by atoms with Gasteiger partial charge >= 0.3 is 5.97 Å². The average molecular weight is 1660 g/mol. The molecule has 0 aliphatic carbocycles. The minimum absolute atomic E-state index is 0.852. The lowest BCUT2D eigenvalue weighted by atomic mass is 9.88. The van der Waals surface area contributed by atoms with Crippen molar-refractivity contribution >= 4 is 23.7 Å². The molecule has 50 nitrogen and oxygen atoms in total. The molecule has 0 aromatic rings. The lowest BCUT2D eigenvalue weighted by Crippen LogP contribution is -2.72. The number of aliphatic hydroxyl groups excluding tert-OH is 25. The van der Waals surface area contributed by atoms with Crippen molar-refractivity contribution in [1.82, 2.24) is 16.0 Å². The van der Waals surface area contributed by atoms with Crippen LogP contribution in [0.1, 0.15) is 41.0 Å². The van der Waals surface area contributed by atoms with Gasteiger partial charge in [-0.15, -0.1) is 0 Å². The number of carboxylic acids is 1. The number of amides is 3. The van der Waals surface area contributed by atoms with E-state index < -0.39 is 358 Å². The van der Waals surface area contributed by atoms with E-state index in [4.69, 9.17) is 80.5 Å². The van der Waals surface area contributed by atoms with Gasteiger partial charge in [-0.25, -0.2) is 4.79 Å². The first-order valence-corrected chi connectivity index (χ1v) is 36.0. The van der Waals surface area contributed by atoms with Gasteiger partial charge in [-0.2, -0.15) is 0 Å². The molecule has 0 unspecified atom stereocenters. The van der Waals surface area contributed by atoms with Crippen molar-refractivity contribution < 1.29 is 232 Å². The number of nitrogens with one attached hydrogen (secondary N) is 3. The first kappa shape index (κ1) is 93.1. The minimum Gasteiger partial charge on any atom is -0.477 e. The average Bonchev–Trinajstić information content (AvgIpc) is 0.786. The third-order valence-electron chi connectivity index (χ3n) is 20.8. The summed E-state index contributed by atoms with van der Waals surface area (Å²) in [5.74, 6) is -8.57. The molecule has 654 valence electrons. The maximum atomic E-state index is 13.8. The van der Waals surface area contributed by atoms with E-state index in [1.807, 2.05) is 0 Å². The smallest absolute Gasteiger partial charge is 0.364 e. The van der Waals surface area contributed by atoms with Crippen LogP contribution in [0.25, 0.3) is 0 Å². The molecule has 0 radical (unpaired) electrons. The zero-order valence-electron chi connectivity index (χ0n) is 60.8. The van der Waals surface area contributed by atoms with E-state index in [0.717, 1.165) is 20.8 Å². The number of aliphatic hydroxyl groups is 25. The summed E-state index contributed by atoms with van der Waals surface area (Å²) < 4.78 is 102. The molecule has 113 heavy (non-hydrogen) atoms. The number of rotatable bonds is 29. The lowest BCUT2D eigenvalue weighted by molar-refractivity contribution is -0.400. The van der Waals surface area contributed by atoms with Crippen molar-refractivity contribution in [2.75, 3.05) is 46.2 Å². The van der Waals surface area contributed by atoms with E-state index in [1.165, 1.54) is 13.8 Å². The SMILES string of the molecule is CC(=O)N[C@H]1[C@H](O[C@H]2[C@@H](O)[C@@H](CO[C@@H]3O[C@H](CO)[C@@H](O[C@@H]4O[C@H](CO)[C@H](O)[C@H](O)[C@H]4O)[C@H](O[C@@H]4O[C@@H](C)[C@@H](O)[C@@H](O)[C@@H]4O)[C@H]3NC(C)=O)O[C@@H](O[C@H]3[C@H](O)[C@@H](O)[C@H](O)O[C@@H]3CO)[C@@H]2O)O[C@H](CO)[C@@H](O[C@@H]2O[C@@H](C)[C@@H](O)[C@@H](O)[C@@H]2O)[C@@H]1O[C@@H]1O[C@H](CO)[C@H](O)[C@H](O[C@]2(C(=O)O)C[C@H](O)[C@@H](NC(C)=O)[C@H]([C@H](O)[C@H](O)CO)O2)[C@H]1O. The maximum Gasteiger partial charge on any atom is 0.364 e. The van der Waals surface area contributed by atoms with Crippen molar-refractivity contribution in [3.8, 4) is 0 Å². The van der Waals surface area contributed by atoms with E-state index in [0.29, 0.717) is 0 Å². The van der Waals surface area contributed by atoms with Crippen LogP contribution in [-0.2, 0) is 99.7 Å². The highest BCUT2D eigenvalue weighted by Crippen LogP contribution is 2.42. The van der Waals surface area contributed by atoms with Crippen LogP contribution in [0.4, 0.5) is 0 Å². The monoisotopic (exact) mass is 1660 g/mol. The Kier molecular flexibility index (Phi) is 32.6. The summed E-state index contributed by atoms with van der Waals surface area (Å²) in [6.07, 6.45) is -91.2. The van der Waals surface area contributed by atoms with Crippen molar-refractivity contribution in [3.05, 3.63) is 0 Å². The highest BCUT2D eigenvalue weighted by molar-refractivity contribution is 5.77. The zero-order chi connectivity index (χ0) is 83.6. The molecule has 9 rings (SSSR count). The van der Waals surface area contributed by atoms with Crippen LogP contribution in [0, 0.1) is 0 Å². The zero-order valence-corrected chi connectivity index (χ0v) is 60.8. The molecule has 0 aromatic carbocycles. The molecule has 9 fully saturated rings. The number of carboxylic acid groups (broad SMARTS) is 1. The van der Waals surface area contributed by atoms with Gasteiger partial charge in [-0.1, -0.05) is 0 Å². The maximum absolute atomic E-state index is 13.8. The summed E-state index contributed by atoms with van der Waals surface area (Å²) in [5, 5.41) is 295. The fraction of sp³-hybridized carbons (Fsp3) is 0.937. The molecular weight excluding hydrogens is 1550 g/mol. The molecule has 9 heterocycles. The predicted molar refractivity (Wildman–Crippen MR) is 346 cm³/mol. The number of carbonyl (C=O) groups excluding carboxylic acids is 3. The Morgan fingerprint density at radius 3 is 1.22 bits per heavy atom. The summed E-state index contributed by atoms with van der Waals surface area (Å²) in [4.78, 5) is 53.0. The van der Waals surface area contributed by atoms with Crippen LogP contribution >= 0.6 is 0 Å². The van der Waals surface area contributed by atoms with Gasteiger partial charge in [0.2, 0.25) is 17.7 Å². The largest absolute Gasteiger partial charge is 0.477 e. The standard InChI is InChI=1S/C63H105N3O47/c1-14-30(78)36(84)41(89)57(98-14)107-48-25(12-72)104-56(29(66-18(5)75)51(48)110-61-45(93)53(34(82)22(9-69)102-61)113-63(62(95)96)6-19(76)27(64-16(3)73)49(112-63)32(80)20(77)7-67)111-52-35(83)26(105-60(44(52)92)106-46-23(10-70)100-54(94)40(88)39(46)87)13-97-55-28(65-17(4)74)50(109-58-42(90)37(85)31(79)15(2)99-58)47(24(11-71)103-55)108-59-43(91)38(86)33(81)21(8-68)101-59/h14-15,19-61,67-72,76-94H,6-13H2,1-5H3,(H,64,73)(H,65,74)(H,66,75)(H,95,96)/t14-,15-,19-,20+,21+,22+,23+,24+,25+,26+,27+,28+,29+,30+,31+,32+,33-,34-,35-,36+,37+,38-,39+,40+,41-,42-,43+,44+,45+,46+,47+,48+,49+,50+,51+,52-,53-,54+,55+,56-,57-,58-,59-,60-,61-,63-/m0/s1. The summed E-state index contributed by atoms with van der Waals surface area (Å²) >= 11 is 0. The molecule has 50 heteroatoms. The molecule has 0 spiro atoms. The van der Waals surface area contributed by atoms with E-state index in [9.17, 15) is 152 Å². The van der Waals surface area contributed by atoms with Gasteiger partial charge in [0.1, 0.15) is 201 Å². The summed E-state index contributed by atoms with van der Waals surface area (Å²) in [5.41, 5.74) is 0. The predicted octanol–water partition coefficient (Wildman–Crippen LogP) is -18.9. The quantitative estimate of drug-likeness (QED) is 0.0331. The number of hydrogen-bond donors (Lipinski definition) is 29. The summed E-state index contributed by atoms with van der Waals surface area (Å²) in [6.45, 7) is -3.15. The topological polar surface area (TPSA) is 787 Å². The molecule has 0 aromatic heterocycles. The van der Waals surface area contributed by atoms with Gasteiger partial charge in [0.25, 0.3) is 5.79 Å². The molecule has 0 saturated carbocycles. The van der Waals surface area contributed by atoms with Crippen LogP contribution in [0.3, 0.4) is 0 Å². The van der Waals surface area contributed by atoms with Gasteiger partial charge in [0.15, 0.2) is 50.3 Å². The first-order valence-electron chi connectivity index (χ1n) is 36.0. The van der Waals surface area contributed by atoms with Crippen LogP contribution < -0.4 is 16.0 Å². The third kappa shape index (κ3) is 20.1. The molecule has 0 bridgehead atoms. The second-order valence-corrected chi connectivity index (χ2v) is 28.8. The van der Waals surface area contributed by atoms with Crippen molar-refractivity contribution in [2.45, 2.75) is 323 Å². The number of hydrogen-bond acceptors (Lipinski definition) is 46. The molecule has 9 aliphatic rings. The van der Waals surface area contributed by atoms with Crippen LogP contribution in [0.5, 0.6) is 0 Å². The number of aliphatic carboxylic acids is 1. The van der Waals surface area contributed by atoms with Gasteiger partial charge in [-0.05, 0) is 13.8 Å². The summed E-state index contributed by atoms with van der Waals surface area (Å²) in [7, 11) is 0.